The van der Waals surface area contributed by atoms with E-state index in [4.69, 9.17) is 4.74 Å². The maximum Gasteiger partial charge on any atom is 0.343 e. The van der Waals surface area contributed by atoms with E-state index in [1.165, 1.54) is 44.6 Å². The van der Waals surface area contributed by atoms with Crippen LogP contribution in [0.15, 0.2) is 36.4 Å². The summed E-state index contributed by atoms with van der Waals surface area (Å²) < 4.78 is 46.4. The molecule has 0 saturated heterocycles. The lowest BCUT2D eigenvalue weighted by atomic mass is 9.63. The first-order chi connectivity index (χ1) is 15.4. The van der Waals surface area contributed by atoms with Crippen molar-refractivity contribution in [2.24, 2.45) is 17.8 Å². The monoisotopic (exact) mass is 444 g/mol. The molecule has 5 heteroatoms. The van der Waals surface area contributed by atoms with Crippen LogP contribution in [0.2, 0.25) is 0 Å². The number of rotatable bonds is 6. The molecular weight excluding hydrogens is 413 g/mol. The third-order valence-electron chi connectivity index (χ3n) is 7.47. The number of benzene rings is 2. The zero-order chi connectivity index (χ0) is 22.7. The molecule has 0 spiro atoms. The van der Waals surface area contributed by atoms with Crippen LogP contribution >= 0.6 is 0 Å². The lowest BCUT2D eigenvalue weighted by Crippen LogP contribution is -2.30. The van der Waals surface area contributed by atoms with Gasteiger partial charge in [-0.15, -0.1) is 0 Å². The lowest BCUT2D eigenvalue weighted by Gasteiger charge is -2.42. The molecule has 2 aromatic carbocycles. The summed E-state index contributed by atoms with van der Waals surface area (Å²) in [4.78, 5) is 12.3. The zero-order valence-electron chi connectivity index (χ0n) is 18.6. The standard InChI is InChI=1S/C27H31F3O2/c1-2-3-4-17-5-6-19-14-20(8-7-18(19)13-17)23-11-9-21(15-25(23)29)27(31)32-22-10-12-24(28)26(30)16-22/h9-12,15-20H,2-8,13-14H2,1H3/t17-,18-,19+,20?/m0/s1. The Hall–Kier alpha value is -2.30. The van der Waals surface area contributed by atoms with Crippen molar-refractivity contribution in [2.75, 3.05) is 0 Å². The fraction of sp³-hybridized carbons (Fsp3) is 0.519. The van der Waals surface area contributed by atoms with Gasteiger partial charge in [0, 0.05) is 6.07 Å². The van der Waals surface area contributed by atoms with Crippen LogP contribution in [0.1, 0.15) is 86.6 Å². The second kappa shape index (κ2) is 10.1. The highest BCUT2D eigenvalue weighted by atomic mass is 19.2. The quantitative estimate of drug-likeness (QED) is 0.335. The second-order valence-corrected chi connectivity index (χ2v) is 9.55. The topological polar surface area (TPSA) is 26.3 Å². The minimum atomic E-state index is -1.10. The SMILES string of the molecule is CCCC[C@H]1CC[C@@H]2CC(c3ccc(C(=O)Oc4ccc(F)c(F)c4)cc3F)CC[C@H]2C1. The zero-order valence-corrected chi connectivity index (χ0v) is 18.6. The number of hydrogen-bond acceptors (Lipinski definition) is 2. The average Bonchev–Trinajstić information content (AvgIpc) is 2.79. The fourth-order valence-corrected chi connectivity index (χ4v) is 5.72. The van der Waals surface area contributed by atoms with Gasteiger partial charge in [0.2, 0.25) is 0 Å². The van der Waals surface area contributed by atoms with Crippen molar-refractivity contribution >= 4 is 5.97 Å². The number of carbonyl (C=O) groups excluding carboxylic acids is 1. The van der Waals surface area contributed by atoms with E-state index in [0.29, 0.717) is 11.5 Å². The molecule has 2 nitrogen and oxygen atoms in total. The number of carbonyl (C=O) groups is 1. The van der Waals surface area contributed by atoms with Crippen molar-refractivity contribution in [2.45, 2.75) is 70.6 Å². The van der Waals surface area contributed by atoms with E-state index >= 15 is 0 Å². The van der Waals surface area contributed by atoms with Crippen molar-refractivity contribution in [3.8, 4) is 5.75 Å². The van der Waals surface area contributed by atoms with Crippen molar-refractivity contribution in [1.29, 1.82) is 0 Å². The number of halogens is 3. The molecule has 32 heavy (non-hydrogen) atoms. The third kappa shape index (κ3) is 5.19. The van der Waals surface area contributed by atoms with Gasteiger partial charge in [-0.05, 0) is 85.6 Å². The van der Waals surface area contributed by atoms with E-state index in [-0.39, 0.29) is 17.2 Å². The van der Waals surface area contributed by atoms with E-state index < -0.39 is 23.4 Å². The van der Waals surface area contributed by atoms with Crippen LogP contribution in [0.3, 0.4) is 0 Å². The molecule has 0 radical (unpaired) electrons. The Kier molecular flexibility index (Phi) is 7.22. The Morgan fingerprint density at radius 1 is 0.906 bits per heavy atom. The summed E-state index contributed by atoms with van der Waals surface area (Å²) in [5.41, 5.74) is 0.724. The van der Waals surface area contributed by atoms with Gasteiger partial charge < -0.3 is 4.74 Å². The van der Waals surface area contributed by atoms with Crippen molar-refractivity contribution < 1.29 is 22.7 Å². The van der Waals surface area contributed by atoms with Gasteiger partial charge in [0.15, 0.2) is 11.6 Å². The molecule has 0 aromatic heterocycles. The maximum atomic E-state index is 15.0. The normalized spacial score (nSPS) is 25.2. The van der Waals surface area contributed by atoms with Crippen LogP contribution in [-0.4, -0.2) is 5.97 Å². The average molecular weight is 445 g/mol. The van der Waals surface area contributed by atoms with Gasteiger partial charge in [-0.1, -0.05) is 38.7 Å². The highest BCUT2D eigenvalue weighted by molar-refractivity contribution is 5.91. The van der Waals surface area contributed by atoms with Gasteiger partial charge in [0.1, 0.15) is 11.6 Å². The largest absolute Gasteiger partial charge is 0.423 e. The van der Waals surface area contributed by atoms with Crippen LogP contribution < -0.4 is 4.74 Å². The molecule has 2 aliphatic carbocycles. The minimum absolute atomic E-state index is 0.0566. The smallest absolute Gasteiger partial charge is 0.343 e. The Labute approximate surface area is 188 Å². The summed E-state index contributed by atoms with van der Waals surface area (Å²) in [6.07, 6.45) is 10.9. The summed E-state index contributed by atoms with van der Waals surface area (Å²) in [7, 11) is 0. The lowest BCUT2D eigenvalue weighted by molar-refractivity contribution is 0.0733. The molecule has 0 bridgehead atoms. The molecule has 4 atom stereocenters. The van der Waals surface area contributed by atoms with Crippen molar-refractivity contribution in [1.82, 2.24) is 0 Å². The highest BCUT2D eigenvalue weighted by Gasteiger charge is 2.36. The van der Waals surface area contributed by atoms with E-state index in [0.717, 1.165) is 49.3 Å². The van der Waals surface area contributed by atoms with Crippen molar-refractivity contribution in [3.63, 3.8) is 0 Å². The second-order valence-electron chi connectivity index (χ2n) is 9.55. The predicted octanol–water partition coefficient (Wildman–Crippen LogP) is 7.81. The number of ether oxygens (including phenoxy) is 1. The Bertz CT molecular complexity index is 958. The summed E-state index contributed by atoms with van der Waals surface area (Å²) in [6.45, 7) is 2.25. The van der Waals surface area contributed by atoms with Gasteiger partial charge in [0.25, 0.3) is 0 Å². The minimum Gasteiger partial charge on any atom is -0.423 e. The molecular formula is C27H31F3O2. The van der Waals surface area contributed by atoms with Gasteiger partial charge in [-0.3, -0.25) is 0 Å². The summed E-state index contributed by atoms with van der Waals surface area (Å²) in [6, 6.07) is 7.30. The Balaban J connectivity index is 1.38. The van der Waals surface area contributed by atoms with E-state index in [1.807, 2.05) is 0 Å². The summed E-state index contributed by atoms with van der Waals surface area (Å²) >= 11 is 0. The molecule has 0 heterocycles. The summed E-state index contributed by atoms with van der Waals surface area (Å²) in [5, 5.41) is 0. The first-order valence-electron chi connectivity index (χ1n) is 11.9. The number of fused-ring (bicyclic) bond motifs is 1. The first-order valence-corrected chi connectivity index (χ1v) is 11.9. The Morgan fingerprint density at radius 2 is 1.69 bits per heavy atom. The van der Waals surface area contributed by atoms with Crippen molar-refractivity contribution in [3.05, 3.63) is 65.0 Å². The van der Waals surface area contributed by atoms with Crippen LogP contribution in [-0.2, 0) is 0 Å². The molecule has 2 saturated carbocycles. The first kappa shape index (κ1) is 22.9. The number of esters is 1. The molecule has 0 amide bonds. The maximum absolute atomic E-state index is 15.0. The molecule has 172 valence electrons. The molecule has 2 aliphatic rings. The predicted molar refractivity (Wildman–Crippen MR) is 118 cm³/mol. The molecule has 0 aliphatic heterocycles. The van der Waals surface area contributed by atoms with Gasteiger partial charge in [0.05, 0.1) is 5.56 Å². The molecule has 4 rings (SSSR count). The van der Waals surface area contributed by atoms with Gasteiger partial charge in [-0.25, -0.2) is 18.0 Å². The number of hydrogen-bond donors (Lipinski definition) is 0. The molecule has 0 N–H and O–H groups in total. The summed E-state index contributed by atoms with van der Waals surface area (Å²) in [5.74, 6) is -0.953. The van der Waals surface area contributed by atoms with Gasteiger partial charge >= 0.3 is 5.97 Å². The van der Waals surface area contributed by atoms with E-state index in [2.05, 4.69) is 6.92 Å². The number of unbranched alkanes of at least 4 members (excludes halogenated alkanes) is 1. The molecule has 2 fully saturated rings. The van der Waals surface area contributed by atoms with E-state index in [1.54, 1.807) is 12.1 Å². The van der Waals surface area contributed by atoms with E-state index in [9.17, 15) is 18.0 Å². The highest BCUT2D eigenvalue weighted by Crippen LogP contribution is 2.48. The van der Waals surface area contributed by atoms with Crippen LogP contribution in [0.4, 0.5) is 13.2 Å². The molecule has 1 unspecified atom stereocenters. The molecule has 2 aromatic rings. The van der Waals surface area contributed by atoms with Gasteiger partial charge in [-0.2, -0.15) is 0 Å². The van der Waals surface area contributed by atoms with Crippen LogP contribution in [0.25, 0.3) is 0 Å². The van der Waals surface area contributed by atoms with Crippen LogP contribution in [0, 0.1) is 35.2 Å². The Morgan fingerprint density at radius 3 is 2.44 bits per heavy atom. The van der Waals surface area contributed by atoms with Crippen LogP contribution in [0.5, 0.6) is 5.75 Å². The fourth-order valence-electron chi connectivity index (χ4n) is 5.72. The third-order valence-corrected chi connectivity index (χ3v) is 7.47.